The van der Waals surface area contributed by atoms with Crippen molar-refractivity contribution in [2.75, 3.05) is 5.32 Å². The van der Waals surface area contributed by atoms with E-state index in [9.17, 15) is 13.2 Å². The number of benzene rings is 2. The number of hydrogen-bond acceptors (Lipinski definition) is 3. The zero-order chi connectivity index (χ0) is 28.0. The van der Waals surface area contributed by atoms with Crippen molar-refractivity contribution < 1.29 is 13.2 Å². The van der Waals surface area contributed by atoms with Gasteiger partial charge in [0.25, 0.3) is 0 Å². The van der Waals surface area contributed by atoms with E-state index in [1.54, 1.807) is 12.1 Å². The van der Waals surface area contributed by atoms with Gasteiger partial charge in [-0.05, 0) is 94.4 Å². The van der Waals surface area contributed by atoms with Gasteiger partial charge >= 0.3 is 6.18 Å². The van der Waals surface area contributed by atoms with Crippen molar-refractivity contribution in [2.24, 2.45) is 17.8 Å². The van der Waals surface area contributed by atoms with Gasteiger partial charge < -0.3 is 5.32 Å². The second kappa shape index (κ2) is 9.12. The van der Waals surface area contributed by atoms with Gasteiger partial charge in [0.1, 0.15) is 5.82 Å². The van der Waals surface area contributed by atoms with E-state index in [2.05, 4.69) is 5.32 Å². The van der Waals surface area contributed by atoms with Gasteiger partial charge in [0.2, 0.25) is 0 Å². The fraction of sp³-hybridized carbons (Fsp3) is 0.419. The van der Waals surface area contributed by atoms with Crippen molar-refractivity contribution in [3.8, 4) is 22.4 Å². The van der Waals surface area contributed by atoms with Gasteiger partial charge in [-0.1, -0.05) is 41.4 Å². The zero-order valence-electron chi connectivity index (χ0n) is 22.2. The van der Waals surface area contributed by atoms with E-state index < -0.39 is 11.7 Å². The van der Waals surface area contributed by atoms with Crippen LogP contribution in [0.1, 0.15) is 55.3 Å². The number of fused-ring (bicyclic) bond motifs is 1. The molecule has 0 radical (unpaired) electrons. The molecule has 0 atom stereocenters. The van der Waals surface area contributed by atoms with E-state index in [-0.39, 0.29) is 5.54 Å². The van der Waals surface area contributed by atoms with Crippen LogP contribution in [-0.4, -0.2) is 20.1 Å². The van der Waals surface area contributed by atoms with Gasteiger partial charge in [0.15, 0.2) is 5.65 Å². The van der Waals surface area contributed by atoms with Gasteiger partial charge in [-0.2, -0.15) is 22.8 Å². The minimum atomic E-state index is -4.41. The Bertz CT molecular complexity index is 1610. The van der Waals surface area contributed by atoms with Gasteiger partial charge in [0.05, 0.1) is 27.5 Å². The highest BCUT2D eigenvalue weighted by Crippen LogP contribution is 2.57. The molecule has 2 aromatic carbocycles. The molecular formula is C31H29Cl2F3N4. The van der Waals surface area contributed by atoms with Crippen molar-refractivity contribution in [1.82, 2.24) is 14.6 Å². The fourth-order valence-electron chi connectivity index (χ4n) is 8.00. The Morgan fingerprint density at radius 1 is 0.925 bits per heavy atom. The smallest absolute Gasteiger partial charge is 0.364 e. The average Bonchev–Trinajstić information content (AvgIpc) is 3.20. The molecule has 9 heteroatoms. The van der Waals surface area contributed by atoms with Crippen LogP contribution < -0.4 is 5.32 Å². The predicted molar refractivity (Wildman–Crippen MR) is 153 cm³/mol. The minimum Gasteiger partial charge on any atom is -0.364 e. The molecule has 0 spiro atoms. The number of halogens is 5. The molecule has 0 unspecified atom stereocenters. The molecule has 2 heterocycles. The van der Waals surface area contributed by atoms with Crippen molar-refractivity contribution in [1.29, 1.82) is 0 Å². The average molecular weight is 586 g/mol. The third-order valence-corrected chi connectivity index (χ3v) is 9.83. The lowest BCUT2D eigenvalue weighted by Gasteiger charge is -2.57. The number of rotatable bonds is 4. The third kappa shape index (κ3) is 4.28. The summed E-state index contributed by atoms with van der Waals surface area (Å²) in [6.07, 6.45) is 2.96. The first-order valence-electron chi connectivity index (χ1n) is 13.8. The largest absolute Gasteiger partial charge is 0.416 e. The summed E-state index contributed by atoms with van der Waals surface area (Å²) in [5.74, 6) is 3.08. The Hall–Kier alpha value is -2.77. The van der Waals surface area contributed by atoms with Crippen molar-refractivity contribution in [2.45, 2.75) is 64.1 Å². The van der Waals surface area contributed by atoms with Gasteiger partial charge in [0, 0.05) is 27.3 Å². The first kappa shape index (κ1) is 26.1. The molecule has 0 saturated heterocycles. The summed E-state index contributed by atoms with van der Waals surface area (Å²) >= 11 is 12.8. The Balaban J connectivity index is 1.43. The molecule has 4 fully saturated rings. The van der Waals surface area contributed by atoms with Crippen LogP contribution in [0.3, 0.4) is 0 Å². The molecule has 4 saturated carbocycles. The molecule has 4 aliphatic carbocycles. The fourth-order valence-corrected chi connectivity index (χ4v) is 8.51. The maximum Gasteiger partial charge on any atom is 0.416 e. The molecule has 1 N–H and O–H groups in total. The maximum atomic E-state index is 13.3. The summed E-state index contributed by atoms with van der Waals surface area (Å²) in [4.78, 5) is 5.04. The molecule has 208 valence electrons. The molecule has 4 nitrogen and oxygen atoms in total. The molecule has 2 aromatic heterocycles. The normalized spacial score (nSPS) is 25.6. The number of hydrogen-bond donors (Lipinski definition) is 1. The third-order valence-electron chi connectivity index (χ3n) is 9.28. The van der Waals surface area contributed by atoms with E-state index >= 15 is 0 Å². The SMILES string of the molecule is Cc1nn2c(NC34CC5CC(CC(C5)C3)C4)c(C)c(-c3ccc(C(F)(F)F)cc3)nc2c1-c1ccc(Cl)cc1Cl. The summed E-state index contributed by atoms with van der Waals surface area (Å²) in [6.45, 7) is 3.91. The predicted octanol–water partition coefficient (Wildman–Crippen LogP) is 9.39. The van der Waals surface area contributed by atoms with E-state index in [0.29, 0.717) is 26.9 Å². The summed E-state index contributed by atoms with van der Waals surface area (Å²) in [6, 6.07) is 10.6. The zero-order valence-corrected chi connectivity index (χ0v) is 23.8. The van der Waals surface area contributed by atoms with Crippen molar-refractivity contribution in [3.05, 3.63) is 69.3 Å². The van der Waals surface area contributed by atoms with E-state index in [4.69, 9.17) is 33.3 Å². The molecule has 40 heavy (non-hydrogen) atoms. The van der Waals surface area contributed by atoms with Crippen LogP contribution in [-0.2, 0) is 6.18 Å². The van der Waals surface area contributed by atoms with Crippen LogP contribution in [0.4, 0.5) is 19.0 Å². The Labute approximate surface area is 240 Å². The highest BCUT2D eigenvalue weighted by atomic mass is 35.5. The lowest BCUT2D eigenvalue weighted by atomic mass is 9.53. The lowest BCUT2D eigenvalue weighted by molar-refractivity contribution is -0.137. The van der Waals surface area contributed by atoms with Crippen LogP contribution in [0.25, 0.3) is 28.0 Å². The van der Waals surface area contributed by atoms with Crippen LogP contribution >= 0.6 is 23.2 Å². The van der Waals surface area contributed by atoms with E-state index in [0.717, 1.165) is 77.4 Å². The number of anilines is 1. The summed E-state index contributed by atoms with van der Waals surface area (Å²) < 4.78 is 41.9. The molecule has 4 aliphatic rings. The number of aromatic nitrogens is 3. The van der Waals surface area contributed by atoms with Crippen LogP contribution in [0.5, 0.6) is 0 Å². The monoisotopic (exact) mass is 584 g/mol. The highest BCUT2D eigenvalue weighted by Gasteiger charge is 2.51. The summed E-state index contributed by atoms with van der Waals surface area (Å²) in [5.41, 5.74) is 4.31. The highest BCUT2D eigenvalue weighted by molar-refractivity contribution is 6.36. The topological polar surface area (TPSA) is 42.2 Å². The maximum absolute atomic E-state index is 13.3. The number of alkyl halides is 3. The molecule has 4 bridgehead atoms. The van der Waals surface area contributed by atoms with E-state index in [1.807, 2.05) is 24.4 Å². The van der Waals surface area contributed by atoms with Gasteiger partial charge in [-0.25, -0.2) is 4.98 Å². The van der Waals surface area contributed by atoms with Crippen molar-refractivity contribution >= 4 is 34.7 Å². The van der Waals surface area contributed by atoms with Gasteiger partial charge in [-0.3, -0.25) is 0 Å². The first-order chi connectivity index (χ1) is 19.0. The second-order valence-electron chi connectivity index (χ2n) is 12.2. The van der Waals surface area contributed by atoms with Crippen LogP contribution in [0.15, 0.2) is 42.5 Å². The Morgan fingerprint density at radius 2 is 1.55 bits per heavy atom. The minimum absolute atomic E-state index is 0.0108. The second-order valence-corrected chi connectivity index (χ2v) is 13.0. The lowest BCUT2D eigenvalue weighted by Crippen LogP contribution is -2.55. The van der Waals surface area contributed by atoms with Crippen LogP contribution in [0, 0.1) is 31.6 Å². The quantitative estimate of drug-likeness (QED) is 0.260. The van der Waals surface area contributed by atoms with Crippen molar-refractivity contribution in [3.63, 3.8) is 0 Å². The number of aryl methyl sites for hydroxylation is 1. The standard InChI is InChI=1S/C31H29Cl2F3N4/c1-16-27(21-3-5-22(6-4-21)31(34,35)36)37-29-26(24-8-7-23(32)12-25(24)33)17(2)39-40(29)28(16)38-30-13-18-9-19(14-30)11-20(10-18)15-30/h3-8,12,18-20,38H,9-11,13-15H2,1-2H3. The number of nitrogens with zero attached hydrogens (tertiary/aromatic N) is 3. The molecule has 8 rings (SSSR count). The molecular weight excluding hydrogens is 556 g/mol. The molecule has 0 aliphatic heterocycles. The van der Waals surface area contributed by atoms with Crippen LogP contribution in [0.2, 0.25) is 10.0 Å². The summed E-state index contributed by atoms with van der Waals surface area (Å²) in [7, 11) is 0. The molecule has 4 aromatic rings. The molecule has 0 amide bonds. The first-order valence-corrected chi connectivity index (χ1v) is 14.6. The Kier molecular flexibility index (Phi) is 5.96. The number of nitrogens with one attached hydrogen (secondary N) is 1. The summed E-state index contributed by atoms with van der Waals surface area (Å²) in [5, 5.41) is 9.94. The van der Waals surface area contributed by atoms with Gasteiger partial charge in [-0.15, -0.1) is 0 Å². The van der Waals surface area contributed by atoms with E-state index in [1.165, 1.54) is 31.4 Å². The Morgan fingerprint density at radius 3 is 2.12 bits per heavy atom.